The molecule has 2 heterocycles. The number of hydrogen-bond donors (Lipinski definition) is 3. The van der Waals surface area contributed by atoms with Crippen molar-refractivity contribution in [3.8, 4) is 22.6 Å². The lowest BCUT2D eigenvalue weighted by atomic mass is 9.80. The molecule has 76 heavy (non-hydrogen) atoms. The number of nitrogens with zero attached hydrogens (tertiary/aromatic N) is 2. The molecule has 0 bridgehead atoms. The molecule has 0 aliphatic carbocycles. The van der Waals surface area contributed by atoms with Crippen molar-refractivity contribution in [2.45, 2.75) is 111 Å². The van der Waals surface area contributed by atoms with E-state index in [1.54, 1.807) is 31.2 Å². The maximum absolute atomic E-state index is 12.0. The van der Waals surface area contributed by atoms with Gasteiger partial charge in [-0.25, -0.2) is 0 Å². The molecular weight excluding hydrogens is 1070 g/mol. The van der Waals surface area contributed by atoms with Gasteiger partial charge in [0.25, 0.3) is 0 Å². The van der Waals surface area contributed by atoms with E-state index in [1.165, 1.54) is 75.2 Å². The Morgan fingerprint density at radius 3 is 1.51 bits per heavy atom. The normalized spacial score (nSPS) is 11.5. The third-order valence-electron chi connectivity index (χ3n) is 12.8. The van der Waals surface area contributed by atoms with Crippen molar-refractivity contribution >= 4 is 47.1 Å². The van der Waals surface area contributed by atoms with Crippen LogP contribution in [0.5, 0.6) is 11.5 Å². The summed E-state index contributed by atoms with van der Waals surface area (Å²) in [6, 6.07) is 47.7. The number of ether oxygens (including phenoxy) is 3. The number of esters is 1. The third kappa shape index (κ3) is 18.4. The summed E-state index contributed by atoms with van der Waals surface area (Å²) in [5.74, 6) is -0.229. The first kappa shape index (κ1) is 58.3. The van der Waals surface area contributed by atoms with E-state index in [2.05, 4.69) is 121 Å². The van der Waals surface area contributed by atoms with E-state index in [9.17, 15) is 14.7 Å². The number of carbonyl (C=O) groups is 2. The van der Waals surface area contributed by atoms with Crippen molar-refractivity contribution in [3.05, 3.63) is 218 Å². The van der Waals surface area contributed by atoms with E-state index in [1.807, 2.05) is 60.7 Å². The van der Waals surface area contributed by atoms with Crippen LogP contribution in [0, 0.1) is 17.4 Å². The number of unbranched alkanes of at least 4 members (excludes halogenated alkanes) is 2. The number of carboxylic acids is 1. The van der Waals surface area contributed by atoms with Crippen molar-refractivity contribution in [2.75, 3.05) is 6.61 Å². The molecule has 0 fully saturated rings. The molecule has 0 aliphatic rings. The summed E-state index contributed by atoms with van der Waals surface area (Å²) in [6.45, 7) is 11.7. The SMILES string of the molecule is CCCCc1ccc(-c2cc(COc3ccc([C@H](CC(=O)O)c4ccon4)cc3)ccc2C)cc1.CCCCc1ccc(B(O)O)cc1.CCOC(=O)C[C@@H](c1ccc(OCc2ccc(C)c(I)c2)cc1)c1ccon1. The van der Waals surface area contributed by atoms with Crippen LogP contribution in [0.15, 0.2) is 167 Å². The average molecular weight is 1140 g/mol. The zero-order chi connectivity index (χ0) is 54.2. The molecule has 0 radical (unpaired) electrons. The molecule has 2 atom stereocenters. The van der Waals surface area contributed by atoms with E-state index in [-0.39, 0.29) is 30.6 Å². The minimum Gasteiger partial charge on any atom is -0.489 e. The largest absolute Gasteiger partial charge is 0.489 e. The topological polar surface area (TPSA) is 175 Å². The predicted octanol–water partition coefficient (Wildman–Crippen LogP) is 13.1. The van der Waals surface area contributed by atoms with Crippen LogP contribution in [0.4, 0.5) is 0 Å². The molecule has 396 valence electrons. The zero-order valence-corrected chi connectivity index (χ0v) is 46.2. The number of aliphatic carboxylic acids is 1. The number of carboxylic acid groups (broad SMARTS) is 1. The van der Waals surface area contributed by atoms with Crippen LogP contribution in [-0.2, 0) is 40.4 Å². The zero-order valence-electron chi connectivity index (χ0n) is 44.0. The lowest BCUT2D eigenvalue weighted by Crippen LogP contribution is -2.29. The first-order chi connectivity index (χ1) is 36.8. The third-order valence-corrected chi connectivity index (χ3v) is 13.9. The standard InChI is InChI=1S/C30H31NO4.C22H22INO4.C10H15BO2/c1-3-4-5-22-8-10-24(11-9-22)27-18-23(7-6-21(27)2)20-34-26-14-12-25(13-15-26)28(19-30(32)33)29-16-17-35-31-29;1-3-26-22(25)13-19(21-10-11-28-24-21)17-6-8-18(9-7-17)27-14-16-5-4-15(2)20(23)12-16;1-2-3-4-9-5-7-10(8-6-9)11(12)13/h6-18,28H,3-5,19-20H2,1-2H3,(H,32,33);4-12,19H,3,13-14H2,1-2H3;5-8,12-13H,2-4H2,1H3/t28-;19-;/m00./s1. The second-order valence-corrected chi connectivity index (χ2v) is 19.7. The maximum Gasteiger partial charge on any atom is 0.488 e. The molecule has 6 aromatic carbocycles. The second kappa shape index (κ2) is 30.5. The van der Waals surface area contributed by atoms with Crippen molar-refractivity contribution in [2.24, 2.45) is 0 Å². The van der Waals surface area contributed by atoms with E-state index in [4.69, 9.17) is 33.3 Å². The highest BCUT2D eigenvalue weighted by molar-refractivity contribution is 14.1. The van der Waals surface area contributed by atoms with Gasteiger partial charge in [0, 0.05) is 27.5 Å². The first-order valence-corrected chi connectivity index (χ1v) is 26.9. The lowest BCUT2D eigenvalue weighted by molar-refractivity contribution is -0.143. The Labute approximate surface area is 460 Å². The number of aryl methyl sites for hydroxylation is 4. The number of hydrogen-bond acceptors (Lipinski definition) is 11. The highest BCUT2D eigenvalue weighted by Gasteiger charge is 2.23. The van der Waals surface area contributed by atoms with Gasteiger partial charge >= 0.3 is 19.1 Å². The maximum atomic E-state index is 12.0. The summed E-state index contributed by atoms with van der Waals surface area (Å²) in [5, 5.41) is 34.9. The predicted molar refractivity (Wildman–Crippen MR) is 306 cm³/mol. The van der Waals surface area contributed by atoms with Crippen molar-refractivity contribution < 1.29 is 48.0 Å². The average Bonchev–Trinajstić information content (AvgIpc) is 4.19. The summed E-state index contributed by atoms with van der Waals surface area (Å²) in [6.07, 6.45) is 10.1. The number of carbonyl (C=O) groups excluding carboxylic acids is 1. The van der Waals surface area contributed by atoms with Gasteiger partial charge < -0.3 is 38.4 Å². The van der Waals surface area contributed by atoms with Crippen LogP contribution in [0.3, 0.4) is 0 Å². The molecular formula is C62H68BIN2O10. The fourth-order valence-electron chi connectivity index (χ4n) is 8.34. The second-order valence-electron chi connectivity index (χ2n) is 18.5. The first-order valence-electron chi connectivity index (χ1n) is 25.9. The Morgan fingerprint density at radius 1 is 0.592 bits per heavy atom. The Morgan fingerprint density at radius 2 is 1.07 bits per heavy atom. The molecule has 8 aromatic rings. The summed E-state index contributed by atoms with van der Waals surface area (Å²) >= 11 is 2.33. The number of aromatic nitrogens is 2. The van der Waals surface area contributed by atoms with Gasteiger partial charge in [-0.2, -0.15) is 0 Å². The minimum absolute atomic E-state index is 0.0571. The van der Waals surface area contributed by atoms with Gasteiger partial charge in [0.2, 0.25) is 0 Å². The van der Waals surface area contributed by atoms with Crippen LogP contribution in [0.25, 0.3) is 11.1 Å². The van der Waals surface area contributed by atoms with Crippen molar-refractivity contribution in [3.63, 3.8) is 0 Å². The van der Waals surface area contributed by atoms with Crippen LogP contribution in [0.1, 0.15) is 127 Å². The molecule has 0 aliphatic heterocycles. The Hall–Kier alpha value is -7.01. The summed E-state index contributed by atoms with van der Waals surface area (Å²) in [5.41, 5.74) is 13.5. The van der Waals surface area contributed by atoms with Gasteiger partial charge in [-0.1, -0.05) is 134 Å². The van der Waals surface area contributed by atoms with Crippen LogP contribution >= 0.6 is 22.6 Å². The van der Waals surface area contributed by atoms with E-state index >= 15 is 0 Å². The van der Waals surface area contributed by atoms with Gasteiger partial charge in [-0.05, 0) is 167 Å². The molecule has 0 spiro atoms. The highest BCUT2D eigenvalue weighted by Crippen LogP contribution is 2.31. The van der Waals surface area contributed by atoms with Crippen LogP contribution < -0.4 is 14.9 Å². The molecule has 2 aromatic heterocycles. The molecule has 0 amide bonds. The smallest absolute Gasteiger partial charge is 0.488 e. The Balaban J connectivity index is 0.000000203. The quantitative estimate of drug-likeness (QED) is 0.0315. The number of benzene rings is 6. The molecule has 0 saturated heterocycles. The molecule has 3 N–H and O–H groups in total. The number of rotatable bonds is 23. The minimum atomic E-state index is -1.35. The van der Waals surface area contributed by atoms with E-state index in [0.717, 1.165) is 46.6 Å². The molecule has 0 unspecified atom stereocenters. The van der Waals surface area contributed by atoms with Crippen molar-refractivity contribution in [1.29, 1.82) is 0 Å². The molecule has 8 rings (SSSR count). The van der Waals surface area contributed by atoms with Crippen LogP contribution in [-0.4, -0.2) is 51.1 Å². The van der Waals surface area contributed by atoms with Gasteiger partial charge in [0.1, 0.15) is 37.2 Å². The monoisotopic (exact) mass is 1140 g/mol. The molecule has 0 saturated carbocycles. The fraction of sp³-hybridized carbons (Fsp3) is 0.290. The van der Waals surface area contributed by atoms with Gasteiger partial charge in [-0.15, -0.1) is 0 Å². The Kier molecular flexibility index (Phi) is 23.4. The summed E-state index contributed by atoms with van der Waals surface area (Å²) in [4.78, 5) is 23.3. The van der Waals surface area contributed by atoms with E-state index in [0.29, 0.717) is 36.7 Å². The van der Waals surface area contributed by atoms with Crippen LogP contribution in [0.2, 0.25) is 0 Å². The van der Waals surface area contributed by atoms with Gasteiger partial charge in [-0.3, -0.25) is 9.59 Å². The molecule has 12 nitrogen and oxygen atoms in total. The van der Waals surface area contributed by atoms with E-state index < -0.39 is 13.1 Å². The summed E-state index contributed by atoms with van der Waals surface area (Å²) < 4.78 is 28.1. The lowest BCUT2D eigenvalue weighted by Gasteiger charge is -2.15. The van der Waals surface area contributed by atoms with Gasteiger partial charge in [0.15, 0.2) is 0 Å². The Bertz CT molecular complexity index is 2970. The fourth-order valence-corrected chi connectivity index (χ4v) is 8.92. The summed E-state index contributed by atoms with van der Waals surface area (Å²) in [7, 11) is -1.35. The highest BCUT2D eigenvalue weighted by atomic mass is 127. The molecule has 14 heteroatoms. The van der Waals surface area contributed by atoms with Crippen molar-refractivity contribution in [1.82, 2.24) is 10.3 Å². The number of halogens is 1. The van der Waals surface area contributed by atoms with Gasteiger partial charge in [0.05, 0.1) is 30.8 Å².